The van der Waals surface area contributed by atoms with Gasteiger partial charge in [-0.3, -0.25) is 4.79 Å². The van der Waals surface area contributed by atoms with Gasteiger partial charge in [-0.1, -0.05) is 24.3 Å². The molecule has 2 aromatic carbocycles. The van der Waals surface area contributed by atoms with Crippen molar-refractivity contribution in [1.29, 1.82) is 0 Å². The molecule has 1 aromatic heterocycles. The first-order chi connectivity index (χ1) is 11.6. The molecule has 0 fully saturated rings. The Labute approximate surface area is 140 Å². The van der Waals surface area contributed by atoms with E-state index < -0.39 is 0 Å². The third kappa shape index (κ3) is 4.01. The highest BCUT2D eigenvalue weighted by Gasteiger charge is 2.05. The Balaban J connectivity index is 1.59. The number of nitrogens with one attached hydrogen (secondary N) is 1. The number of aromatic hydroxyl groups is 1. The topological polar surface area (TPSA) is 67.2 Å². The Kier molecular flexibility index (Phi) is 4.61. The largest absolute Gasteiger partial charge is 0.508 e. The van der Waals surface area contributed by atoms with Crippen molar-refractivity contribution in [3.05, 3.63) is 77.9 Å². The van der Waals surface area contributed by atoms with Gasteiger partial charge in [-0.2, -0.15) is 0 Å². The lowest BCUT2D eigenvalue weighted by molar-refractivity contribution is -0.115. The second-order valence-corrected chi connectivity index (χ2v) is 5.69. The monoisotopic (exact) mass is 321 g/mol. The van der Waals surface area contributed by atoms with Gasteiger partial charge in [0, 0.05) is 24.6 Å². The van der Waals surface area contributed by atoms with E-state index >= 15 is 0 Å². The lowest BCUT2D eigenvalue weighted by Gasteiger charge is -2.08. The summed E-state index contributed by atoms with van der Waals surface area (Å²) in [7, 11) is 0. The van der Waals surface area contributed by atoms with Gasteiger partial charge in [0.05, 0.1) is 6.42 Å². The van der Waals surface area contributed by atoms with E-state index in [0.717, 1.165) is 29.2 Å². The van der Waals surface area contributed by atoms with Crippen molar-refractivity contribution in [3.63, 3.8) is 0 Å². The number of amides is 1. The summed E-state index contributed by atoms with van der Waals surface area (Å²) in [5.74, 6) is 1.02. The molecule has 5 heteroatoms. The molecule has 3 aromatic rings. The molecule has 0 saturated heterocycles. The van der Waals surface area contributed by atoms with Crippen molar-refractivity contribution in [2.75, 3.05) is 5.32 Å². The molecule has 0 bridgehead atoms. The van der Waals surface area contributed by atoms with E-state index in [1.165, 1.54) is 0 Å². The smallest absolute Gasteiger partial charge is 0.228 e. The molecule has 0 radical (unpaired) electrons. The van der Waals surface area contributed by atoms with Gasteiger partial charge in [-0.05, 0) is 42.3 Å². The molecule has 1 amide bonds. The van der Waals surface area contributed by atoms with Crippen molar-refractivity contribution < 1.29 is 9.90 Å². The zero-order valence-corrected chi connectivity index (χ0v) is 13.4. The van der Waals surface area contributed by atoms with E-state index in [1.807, 2.05) is 43.5 Å². The average Bonchev–Trinajstić information content (AvgIpc) is 2.94. The SMILES string of the molecule is Cc1nccn1Cc1ccc(NC(=O)Cc2cccc(O)c2)cc1. The molecule has 0 spiro atoms. The Morgan fingerprint density at radius 3 is 2.62 bits per heavy atom. The zero-order valence-electron chi connectivity index (χ0n) is 13.4. The average molecular weight is 321 g/mol. The van der Waals surface area contributed by atoms with Crippen molar-refractivity contribution in [2.24, 2.45) is 0 Å². The summed E-state index contributed by atoms with van der Waals surface area (Å²) in [6.07, 6.45) is 3.95. The standard InChI is InChI=1S/C19H19N3O2/c1-14-20-9-10-22(14)13-15-5-7-17(8-6-15)21-19(24)12-16-3-2-4-18(23)11-16/h2-11,23H,12-13H2,1H3,(H,21,24). The van der Waals surface area contributed by atoms with Crippen LogP contribution >= 0.6 is 0 Å². The van der Waals surface area contributed by atoms with Crippen molar-refractivity contribution in [2.45, 2.75) is 19.9 Å². The minimum absolute atomic E-state index is 0.112. The summed E-state index contributed by atoms with van der Waals surface area (Å²) >= 11 is 0. The normalized spacial score (nSPS) is 10.5. The fourth-order valence-electron chi connectivity index (χ4n) is 2.52. The number of carbonyl (C=O) groups excluding carboxylic acids is 1. The fourth-order valence-corrected chi connectivity index (χ4v) is 2.52. The van der Waals surface area contributed by atoms with Crippen LogP contribution in [0.2, 0.25) is 0 Å². The quantitative estimate of drug-likeness (QED) is 0.759. The van der Waals surface area contributed by atoms with Crippen LogP contribution in [-0.2, 0) is 17.8 Å². The number of phenolic OH excluding ortho intramolecular Hbond substituents is 1. The molecule has 122 valence electrons. The van der Waals surface area contributed by atoms with Crippen LogP contribution in [0, 0.1) is 6.92 Å². The van der Waals surface area contributed by atoms with Crippen LogP contribution in [0.3, 0.4) is 0 Å². The fraction of sp³-hybridized carbons (Fsp3) is 0.158. The molecule has 3 rings (SSSR count). The maximum atomic E-state index is 12.1. The van der Waals surface area contributed by atoms with Gasteiger partial charge in [-0.15, -0.1) is 0 Å². The Bertz CT molecular complexity index is 838. The number of benzene rings is 2. The zero-order chi connectivity index (χ0) is 16.9. The Hall–Kier alpha value is -3.08. The second kappa shape index (κ2) is 7.00. The van der Waals surface area contributed by atoms with Crippen LogP contribution in [0.25, 0.3) is 0 Å². The van der Waals surface area contributed by atoms with E-state index in [0.29, 0.717) is 0 Å². The number of nitrogens with zero attached hydrogens (tertiary/aromatic N) is 2. The predicted octanol–water partition coefficient (Wildman–Crippen LogP) is 3.13. The Morgan fingerprint density at radius 2 is 1.96 bits per heavy atom. The first kappa shape index (κ1) is 15.8. The van der Waals surface area contributed by atoms with E-state index in [9.17, 15) is 9.90 Å². The van der Waals surface area contributed by atoms with Crippen LogP contribution in [-0.4, -0.2) is 20.6 Å². The molecule has 0 aliphatic rings. The summed E-state index contributed by atoms with van der Waals surface area (Å²) in [5.41, 5.74) is 2.67. The van der Waals surface area contributed by atoms with Gasteiger partial charge < -0.3 is 15.0 Å². The number of aryl methyl sites for hydroxylation is 1. The van der Waals surface area contributed by atoms with E-state index in [1.54, 1.807) is 24.4 Å². The summed E-state index contributed by atoms with van der Waals surface area (Å²) in [6.45, 7) is 2.72. The van der Waals surface area contributed by atoms with Crippen LogP contribution < -0.4 is 5.32 Å². The molecule has 1 heterocycles. The summed E-state index contributed by atoms with van der Waals surface area (Å²) in [5, 5.41) is 12.3. The first-order valence-electron chi connectivity index (χ1n) is 7.74. The Morgan fingerprint density at radius 1 is 1.17 bits per heavy atom. The van der Waals surface area contributed by atoms with E-state index in [2.05, 4.69) is 14.9 Å². The molecule has 0 saturated carbocycles. The van der Waals surface area contributed by atoms with Crippen LogP contribution in [0.4, 0.5) is 5.69 Å². The summed E-state index contributed by atoms with van der Waals surface area (Å²) in [6, 6.07) is 14.5. The number of aromatic nitrogens is 2. The van der Waals surface area contributed by atoms with E-state index in [4.69, 9.17) is 0 Å². The third-order valence-corrected chi connectivity index (χ3v) is 3.79. The van der Waals surface area contributed by atoms with Crippen molar-refractivity contribution in [1.82, 2.24) is 9.55 Å². The maximum absolute atomic E-state index is 12.1. The summed E-state index contributed by atoms with van der Waals surface area (Å²) in [4.78, 5) is 16.3. The van der Waals surface area contributed by atoms with Gasteiger partial charge in [0.1, 0.15) is 11.6 Å². The van der Waals surface area contributed by atoms with Crippen molar-refractivity contribution >= 4 is 11.6 Å². The lowest BCUT2D eigenvalue weighted by Crippen LogP contribution is -2.14. The van der Waals surface area contributed by atoms with Gasteiger partial charge >= 0.3 is 0 Å². The van der Waals surface area contributed by atoms with Gasteiger partial charge in [0.15, 0.2) is 0 Å². The van der Waals surface area contributed by atoms with Crippen LogP contribution in [0.5, 0.6) is 5.75 Å². The highest BCUT2D eigenvalue weighted by Crippen LogP contribution is 2.14. The van der Waals surface area contributed by atoms with Gasteiger partial charge in [0.25, 0.3) is 0 Å². The summed E-state index contributed by atoms with van der Waals surface area (Å²) < 4.78 is 2.06. The molecule has 24 heavy (non-hydrogen) atoms. The number of imidazole rings is 1. The van der Waals surface area contributed by atoms with Gasteiger partial charge in [-0.25, -0.2) is 4.98 Å². The molecule has 2 N–H and O–H groups in total. The highest BCUT2D eigenvalue weighted by molar-refractivity contribution is 5.92. The maximum Gasteiger partial charge on any atom is 0.228 e. The number of hydrogen-bond acceptors (Lipinski definition) is 3. The number of phenols is 1. The molecule has 0 aliphatic heterocycles. The minimum Gasteiger partial charge on any atom is -0.508 e. The second-order valence-electron chi connectivity index (χ2n) is 5.69. The third-order valence-electron chi connectivity index (χ3n) is 3.79. The molecular formula is C19H19N3O2. The van der Waals surface area contributed by atoms with Crippen LogP contribution in [0.15, 0.2) is 60.9 Å². The van der Waals surface area contributed by atoms with Crippen LogP contribution in [0.1, 0.15) is 17.0 Å². The van der Waals surface area contributed by atoms with Crippen molar-refractivity contribution in [3.8, 4) is 5.75 Å². The highest BCUT2D eigenvalue weighted by atomic mass is 16.3. The molecule has 0 aliphatic carbocycles. The first-order valence-corrected chi connectivity index (χ1v) is 7.74. The molecule has 0 unspecified atom stereocenters. The lowest BCUT2D eigenvalue weighted by atomic mass is 10.1. The number of carbonyl (C=O) groups is 1. The predicted molar refractivity (Wildman–Crippen MR) is 92.9 cm³/mol. The number of anilines is 1. The van der Waals surface area contributed by atoms with E-state index in [-0.39, 0.29) is 18.1 Å². The number of hydrogen-bond donors (Lipinski definition) is 2. The molecular weight excluding hydrogens is 302 g/mol. The van der Waals surface area contributed by atoms with Gasteiger partial charge in [0.2, 0.25) is 5.91 Å². The number of rotatable bonds is 5. The molecule has 0 atom stereocenters. The molecule has 5 nitrogen and oxygen atoms in total. The minimum atomic E-state index is -0.112.